The highest BCUT2D eigenvalue weighted by molar-refractivity contribution is 7.89. The molecule has 0 aliphatic carbocycles. The second-order valence-electron chi connectivity index (χ2n) is 3.70. The van der Waals surface area contributed by atoms with Gasteiger partial charge in [-0.25, -0.2) is 13.4 Å². The lowest BCUT2D eigenvalue weighted by Gasteiger charge is -2.08. The molecule has 20 heavy (non-hydrogen) atoms. The highest BCUT2D eigenvalue weighted by atomic mass is 32.2. The minimum Gasteiger partial charge on any atom is -0.292 e. The van der Waals surface area contributed by atoms with Gasteiger partial charge in [-0.1, -0.05) is 18.2 Å². The first-order valence-electron chi connectivity index (χ1n) is 5.42. The standard InChI is InChI=1S/C11H10N4O4S/c16-15(17)9-6-7-11(12-8-9)13-14-20(18,19)10-4-2-1-3-5-10/h1-8,14H,(H,12,13). The van der Waals surface area contributed by atoms with Crippen LogP contribution in [0.15, 0.2) is 53.6 Å². The second-order valence-corrected chi connectivity index (χ2v) is 5.38. The van der Waals surface area contributed by atoms with Gasteiger partial charge in [0.2, 0.25) is 0 Å². The summed E-state index contributed by atoms with van der Waals surface area (Å²) in [6, 6.07) is 10.3. The molecule has 9 heteroatoms. The molecule has 0 spiro atoms. The van der Waals surface area contributed by atoms with Gasteiger partial charge in [-0.3, -0.25) is 15.5 Å². The third kappa shape index (κ3) is 3.28. The van der Waals surface area contributed by atoms with Crippen molar-refractivity contribution in [2.45, 2.75) is 4.90 Å². The van der Waals surface area contributed by atoms with Crippen molar-refractivity contribution in [3.8, 4) is 0 Å². The Morgan fingerprint density at radius 1 is 1.10 bits per heavy atom. The number of hydrazine groups is 1. The lowest BCUT2D eigenvalue weighted by atomic mass is 10.4. The van der Waals surface area contributed by atoms with Crippen molar-refractivity contribution >= 4 is 21.5 Å². The Kier molecular flexibility index (Phi) is 3.91. The molecule has 0 saturated carbocycles. The van der Waals surface area contributed by atoms with Gasteiger partial charge in [0, 0.05) is 6.07 Å². The minimum absolute atomic E-state index is 0.0920. The lowest BCUT2D eigenvalue weighted by Crippen LogP contribution is -2.29. The summed E-state index contributed by atoms with van der Waals surface area (Å²) in [5.74, 6) is 0.148. The number of hydrogen-bond acceptors (Lipinski definition) is 6. The zero-order chi connectivity index (χ0) is 14.6. The van der Waals surface area contributed by atoms with Crippen molar-refractivity contribution in [2.75, 3.05) is 5.43 Å². The molecule has 8 nitrogen and oxygen atoms in total. The molecule has 0 bridgehead atoms. The molecule has 2 N–H and O–H groups in total. The Morgan fingerprint density at radius 3 is 2.35 bits per heavy atom. The van der Waals surface area contributed by atoms with Gasteiger partial charge in [0.15, 0.2) is 0 Å². The summed E-state index contributed by atoms with van der Waals surface area (Å²) in [6.45, 7) is 0. The molecule has 0 aliphatic rings. The number of aromatic nitrogens is 1. The first-order chi connectivity index (χ1) is 9.49. The summed E-state index contributed by atoms with van der Waals surface area (Å²) in [7, 11) is -3.72. The first kappa shape index (κ1) is 13.9. The van der Waals surface area contributed by atoms with Crippen molar-refractivity contribution in [2.24, 2.45) is 0 Å². The number of pyridine rings is 1. The molecular formula is C11H10N4O4S. The van der Waals surface area contributed by atoms with E-state index in [0.717, 1.165) is 6.20 Å². The van der Waals surface area contributed by atoms with E-state index in [1.165, 1.54) is 24.3 Å². The summed E-state index contributed by atoms with van der Waals surface area (Å²) >= 11 is 0. The van der Waals surface area contributed by atoms with Gasteiger partial charge in [0.1, 0.15) is 12.0 Å². The molecule has 1 heterocycles. The Labute approximate surface area is 114 Å². The first-order valence-corrected chi connectivity index (χ1v) is 6.91. The Bertz CT molecular complexity index is 701. The smallest absolute Gasteiger partial charge is 0.287 e. The predicted octanol–water partition coefficient (Wildman–Crippen LogP) is 1.30. The molecule has 1 aromatic heterocycles. The Hall–Kier alpha value is -2.52. The maximum atomic E-state index is 11.9. The fraction of sp³-hybridized carbons (Fsp3) is 0. The van der Waals surface area contributed by atoms with Crippen LogP contribution in [-0.2, 0) is 10.0 Å². The SMILES string of the molecule is O=[N+]([O-])c1ccc(NNS(=O)(=O)c2ccccc2)nc1. The van der Waals surface area contributed by atoms with E-state index in [0.29, 0.717) is 0 Å². The van der Waals surface area contributed by atoms with E-state index in [1.54, 1.807) is 18.2 Å². The van der Waals surface area contributed by atoms with Crippen LogP contribution in [0.3, 0.4) is 0 Å². The molecular weight excluding hydrogens is 284 g/mol. The summed E-state index contributed by atoms with van der Waals surface area (Å²) in [4.78, 5) is 15.8. The Morgan fingerprint density at radius 2 is 1.80 bits per heavy atom. The van der Waals surface area contributed by atoms with E-state index in [-0.39, 0.29) is 16.4 Å². The third-order valence-corrected chi connectivity index (χ3v) is 3.59. The molecule has 2 aromatic rings. The third-order valence-electron chi connectivity index (χ3n) is 2.33. The number of hydrogen-bond donors (Lipinski definition) is 2. The number of benzene rings is 1. The summed E-state index contributed by atoms with van der Waals surface area (Å²) in [5.41, 5.74) is 2.20. The average Bonchev–Trinajstić information content (AvgIpc) is 2.46. The van der Waals surface area contributed by atoms with Crippen LogP contribution < -0.4 is 10.3 Å². The molecule has 0 fully saturated rings. The van der Waals surface area contributed by atoms with Crippen molar-refractivity contribution in [1.82, 2.24) is 9.82 Å². The van der Waals surface area contributed by atoms with Crippen molar-refractivity contribution in [3.63, 3.8) is 0 Å². The predicted molar refractivity (Wildman–Crippen MR) is 71.3 cm³/mol. The normalized spacial score (nSPS) is 11.0. The van der Waals surface area contributed by atoms with E-state index >= 15 is 0 Å². The average molecular weight is 294 g/mol. The van der Waals surface area contributed by atoms with Crippen LogP contribution in [0.5, 0.6) is 0 Å². The van der Waals surface area contributed by atoms with Crippen LogP contribution in [0, 0.1) is 10.1 Å². The van der Waals surface area contributed by atoms with Crippen molar-refractivity contribution in [1.29, 1.82) is 0 Å². The highest BCUT2D eigenvalue weighted by Crippen LogP contribution is 2.12. The van der Waals surface area contributed by atoms with E-state index in [4.69, 9.17) is 0 Å². The number of nitrogens with one attached hydrogen (secondary N) is 2. The maximum absolute atomic E-state index is 11.9. The van der Waals surface area contributed by atoms with Crippen LogP contribution in [0.1, 0.15) is 0 Å². The van der Waals surface area contributed by atoms with Gasteiger partial charge in [0.05, 0.1) is 9.82 Å². The number of sulfonamides is 1. The molecule has 0 atom stereocenters. The maximum Gasteiger partial charge on any atom is 0.287 e. The van der Waals surface area contributed by atoms with E-state index in [1.807, 2.05) is 0 Å². The molecule has 0 amide bonds. The molecule has 0 aliphatic heterocycles. The molecule has 0 unspecified atom stereocenters. The Balaban J connectivity index is 2.07. The quantitative estimate of drug-likeness (QED) is 0.634. The van der Waals surface area contributed by atoms with Crippen molar-refractivity contribution in [3.05, 3.63) is 58.8 Å². The van der Waals surface area contributed by atoms with Crippen LogP contribution in [0.25, 0.3) is 0 Å². The molecule has 104 valence electrons. The van der Waals surface area contributed by atoms with Gasteiger partial charge in [-0.15, -0.1) is 4.83 Å². The zero-order valence-electron chi connectivity index (χ0n) is 10.1. The van der Waals surface area contributed by atoms with Crippen LogP contribution >= 0.6 is 0 Å². The monoisotopic (exact) mass is 294 g/mol. The van der Waals surface area contributed by atoms with E-state index in [2.05, 4.69) is 15.2 Å². The number of anilines is 1. The molecule has 0 saturated heterocycles. The molecule has 1 aromatic carbocycles. The fourth-order valence-electron chi connectivity index (χ4n) is 1.35. The molecule has 0 radical (unpaired) electrons. The van der Waals surface area contributed by atoms with Crippen LogP contribution in [0.4, 0.5) is 11.5 Å². The number of nitro groups is 1. The zero-order valence-corrected chi connectivity index (χ0v) is 10.9. The largest absolute Gasteiger partial charge is 0.292 e. The van der Waals surface area contributed by atoms with Crippen LogP contribution in [-0.4, -0.2) is 18.3 Å². The minimum atomic E-state index is -3.72. The van der Waals surface area contributed by atoms with Crippen molar-refractivity contribution < 1.29 is 13.3 Å². The van der Waals surface area contributed by atoms with Gasteiger partial charge >= 0.3 is 0 Å². The topological polar surface area (TPSA) is 114 Å². The van der Waals surface area contributed by atoms with Gasteiger partial charge in [-0.05, 0) is 18.2 Å². The number of rotatable bonds is 5. The van der Waals surface area contributed by atoms with Gasteiger partial charge in [0.25, 0.3) is 15.7 Å². The van der Waals surface area contributed by atoms with Gasteiger partial charge in [-0.2, -0.15) is 0 Å². The van der Waals surface area contributed by atoms with E-state index in [9.17, 15) is 18.5 Å². The lowest BCUT2D eigenvalue weighted by molar-refractivity contribution is -0.385. The van der Waals surface area contributed by atoms with Gasteiger partial charge < -0.3 is 0 Å². The number of nitrogens with zero attached hydrogens (tertiary/aromatic N) is 2. The highest BCUT2D eigenvalue weighted by Gasteiger charge is 2.13. The summed E-state index contributed by atoms with van der Waals surface area (Å²) in [5, 5.41) is 10.4. The van der Waals surface area contributed by atoms with E-state index < -0.39 is 14.9 Å². The summed E-state index contributed by atoms with van der Waals surface area (Å²) in [6.07, 6.45) is 1.03. The fourth-order valence-corrected chi connectivity index (χ4v) is 2.22. The second kappa shape index (κ2) is 5.63. The molecule has 2 rings (SSSR count). The van der Waals surface area contributed by atoms with Crippen LogP contribution in [0.2, 0.25) is 0 Å². The summed E-state index contributed by atoms with van der Waals surface area (Å²) < 4.78 is 23.7.